The van der Waals surface area contributed by atoms with Crippen LogP contribution >= 0.6 is 24.8 Å². The normalized spacial score (nSPS) is 17.4. The molecule has 0 aromatic heterocycles. The molecule has 2 aliphatic rings. The van der Waals surface area contributed by atoms with Gasteiger partial charge in [0, 0.05) is 0 Å². The molecule has 0 heterocycles. The average Bonchev–Trinajstić information content (AvgIpc) is 2.88. The first-order valence-electron chi connectivity index (χ1n) is 8.09. The molecule has 0 radical (unpaired) electrons. The summed E-state index contributed by atoms with van der Waals surface area (Å²) in [5, 5.41) is 0. The fraction of sp³-hybridized carbons (Fsp3) is 0.556. The van der Waals surface area contributed by atoms with Crippen molar-refractivity contribution in [2.45, 2.75) is 66.5 Å². The molecule has 0 fully saturated rings. The molecule has 0 aliphatic heterocycles. The predicted octanol–water partition coefficient (Wildman–Crippen LogP) is 6.46. The van der Waals surface area contributed by atoms with Gasteiger partial charge in [-0.15, -0.1) is 24.8 Å². The van der Waals surface area contributed by atoms with Gasteiger partial charge in [0.05, 0.1) is 0 Å². The van der Waals surface area contributed by atoms with Crippen molar-refractivity contribution in [3.05, 3.63) is 41.1 Å². The van der Waals surface area contributed by atoms with Crippen LogP contribution in [0.1, 0.15) is 54.4 Å². The van der Waals surface area contributed by atoms with Crippen molar-refractivity contribution < 1.29 is 20.6 Å². The zero-order valence-corrected chi connectivity index (χ0v) is 21.3. The van der Waals surface area contributed by atoms with E-state index in [0.29, 0.717) is 0 Å². The summed E-state index contributed by atoms with van der Waals surface area (Å²) in [6.45, 7) is 14.4. The van der Waals surface area contributed by atoms with E-state index in [9.17, 15) is 0 Å². The minimum Gasteiger partial charge on any atom is -0.147 e. The van der Waals surface area contributed by atoms with E-state index in [1.54, 1.807) is 22.3 Å². The van der Waals surface area contributed by atoms with Crippen molar-refractivity contribution in [2.75, 3.05) is 0 Å². The number of allylic oxidation sites excluding steroid dienone is 8. The van der Waals surface area contributed by atoms with Gasteiger partial charge in [-0.1, -0.05) is 0 Å². The molecule has 0 N–H and O–H groups in total. The molecule has 0 unspecified atom stereocenters. The van der Waals surface area contributed by atoms with Gasteiger partial charge in [0.2, 0.25) is 0 Å². The second kappa shape index (κ2) is 9.81. The van der Waals surface area contributed by atoms with Gasteiger partial charge in [-0.05, 0) is 0 Å². The third-order valence-electron chi connectivity index (χ3n) is 4.83. The Morgan fingerprint density at radius 2 is 1.18 bits per heavy atom. The first kappa shape index (κ1) is 22.6. The molecule has 0 bridgehead atoms. The molecule has 2 aliphatic carbocycles. The van der Waals surface area contributed by atoms with Gasteiger partial charge < -0.3 is 0 Å². The van der Waals surface area contributed by atoms with Crippen molar-refractivity contribution in [3.8, 4) is 0 Å². The summed E-state index contributed by atoms with van der Waals surface area (Å²) in [5.41, 5.74) is 6.55. The van der Waals surface area contributed by atoms with Gasteiger partial charge in [0.25, 0.3) is 0 Å². The number of rotatable bonds is 5. The van der Waals surface area contributed by atoms with Gasteiger partial charge in [0.1, 0.15) is 0 Å². The topological polar surface area (TPSA) is 0 Å². The summed E-state index contributed by atoms with van der Waals surface area (Å²) < 4.78 is 3.95. The van der Waals surface area contributed by atoms with Crippen molar-refractivity contribution in [2.24, 2.45) is 0 Å². The molecule has 0 saturated heterocycles. The average molecular weight is 525 g/mol. The van der Waals surface area contributed by atoms with E-state index >= 15 is 0 Å². The van der Waals surface area contributed by atoms with Gasteiger partial charge in [-0.25, -0.2) is 0 Å². The molecule has 0 atom stereocenters. The molecule has 22 heavy (non-hydrogen) atoms. The zero-order valence-electron chi connectivity index (χ0n) is 14.9. The van der Waals surface area contributed by atoms with E-state index in [-0.39, 0.29) is 24.8 Å². The molecular formula is C18H31Cl2HfSi. The van der Waals surface area contributed by atoms with Crippen molar-refractivity contribution in [3.63, 3.8) is 0 Å². The van der Waals surface area contributed by atoms with Crippen molar-refractivity contribution >= 4 is 30.8 Å². The van der Waals surface area contributed by atoms with Crippen LogP contribution in [0.25, 0.3) is 0 Å². The van der Waals surface area contributed by atoms with E-state index in [1.807, 2.05) is 6.66 Å². The van der Waals surface area contributed by atoms with Crippen LogP contribution in [0.5, 0.6) is 0 Å². The monoisotopic (exact) mass is 525 g/mol. The van der Waals surface area contributed by atoms with Crippen LogP contribution in [0.3, 0.4) is 0 Å². The Labute approximate surface area is 158 Å². The van der Waals surface area contributed by atoms with E-state index < -0.39 is 26.6 Å². The standard InChI is InChI=1S/2C7H9.C4H11Si.2ClH.Hf/c2*1-6-3-4-7(2)5-6;1-3-5-4-2;;;/h2*5H,3H2,1-2H3;5H,3-4H2,1-2H3;2*1H;. The molecule has 4 heteroatoms. The largest absolute Gasteiger partial charge is 0.147 e. The Hall–Kier alpha value is 0.627. The third-order valence-corrected chi connectivity index (χ3v) is 39.7. The molecule has 0 spiro atoms. The fourth-order valence-electron chi connectivity index (χ4n) is 3.84. The van der Waals surface area contributed by atoms with Gasteiger partial charge in [0.15, 0.2) is 0 Å². The smallest absolute Gasteiger partial charge is 0.147 e. The first-order chi connectivity index (χ1) is 9.47. The van der Waals surface area contributed by atoms with Crippen LogP contribution in [-0.4, -0.2) is 5.98 Å². The molecule has 0 aromatic rings. The van der Waals surface area contributed by atoms with Crippen molar-refractivity contribution in [1.82, 2.24) is 0 Å². The van der Waals surface area contributed by atoms with Crippen LogP contribution in [0, 0.1) is 0 Å². The predicted molar refractivity (Wildman–Crippen MR) is 105 cm³/mol. The fourth-order valence-corrected chi connectivity index (χ4v) is 39.3. The summed E-state index contributed by atoms with van der Waals surface area (Å²) in [6.07, 6.45) is 7.60. The molecule has 125 valence electrons. The summed E-state index contributed by atoms with van der Waals surface area (Å²) >= 11 is -1.74. The zero-order chi connectivity index (χ0) is 14.9. The first-order valence-corrected chi connectivity index (χ1v) is 20.1. The van der Waals surface area contributed by atoms with Crippen LogP contribution in [0.15, 0.2) is 41.1 Å². The number of halogens is 2. The van der Waals surface area contributed by atoms with Gasteiger partial charge in [-0.3, -0.25) is 0 Å². The van der Waals surface area contributed by atoms with Crippen LogP contribution in [0.2, 0.25) is 12.1 Å². The maximum absolute atomic E-state index is 2.47. The van der Waals surface area contributed by atoms with Crippen LogP contribution < -0.4 is 0 Å². The van der Waals surface area contributed by atoms with E-state index in [4.69, 9.17) is 0 Å². The molecule has 0 aromatic carbocycles. The molecule has 0 nitrogen and oxygen atoms in total. The maximum Gasteiger partial charge on any atom is -0.147 e. The minimum absolute atomic E-state index is 0. The van der Waals surface area contributed by atoms with E-state index in [2.05, 4.69) is 53.7 Å². The second-order valence-electron chi connectivity index (χ2n) is 6.59. The molecule has 2 rings (SSSR count). The molecule has 0 saturated carbocycles. The maximum atomic E-state index is 2.47. The number of hydrogen-bond donors (Lipinski definition) is 0. The van der Waals surface area contributed by atoms with Crippen molar-refractivity contribution in [1.29, 1.82) is 0 Å². The SMILES string of the molecule is CC[SiH](CC)[Hf]([C]1=C(C)C=C(C)C1)[C]1=C(C)C=C(C)C1.Cl.Cl. The molecular weight excluding hydrogens is 494 g/mol. The van der Waals surface area contributed by atoms with E-state index in [0.717, 1.165) is 0 Å². The third kappa shape index (κ3) is 4.81. The minimum atomic E-state index is -1.74. The summed E-state index contributed by atoms with van der Waals surface area (Å²) in [7, 11) is 0. The van der Waals surface area contributed by atoms with Crippen LogP contribution in [-0.2, 0) is 20.6 Å². The summed E-state index contributed by atoms with van der Waals surface area (Å²) in [5.74, 6) is -0.514. The van der Waals surface area contributed by atoms with Gasteiger partial charge >= 0.3 is 134 Å². The Balaban J connectivity index is 0.00000220. The Kier molecular flexibility index (Phi) is 10.1. The Morgan fingerprint density at radius 1 is 0.818 bits per heavy atom. The quantitative estimate of drug-likeness (QED) is 0.362. The Bertz CT molecular complexity index is 483. The van der Waals surface area contributed by atoms with E-state index in [1.165, 1.54) is 24.9 Å². The van der Waals surface area contributed by atoms with Gasteiger partial charge in [-0.2, -0.15) is 0 Å². The summed E-state index contributed by atoms with van der Waals surface area (Å²) in [4.78, 5) is 0. The molecule has 0 amide bonds. The Morgan fingerprint density at radius 3 is 1.41 bits per heavy atom. The number of hydrogen-bond acceptors (Lipinski definition) is 0. The summed E-state index contributed by atoms with van der Waals surface area (Å²) in [6, 6.07) is 3.04. The van der Waals surface area contributed by atoms with Crippen LogP contribution in [0.4, 0.5) is 0 Å². The second-order valence-corrected chi connectivity index (χ2v) is 30.4.